The van der Waals surface area contributed by atoms with Crippen LogP contribution < -0.4 is 0 Å². The molecule has 0 saturated carbocycles. The zero-order chi connectivity index (χ0) is 19.7. The van der Waals surface area contributed by atoms with E-state index in [2.05, 4.69) is 20.2 Å². The van der Waals surface area contributed by atoms with Crippen LogP contribution in [-0.2, 0) is 6.18 Å². The Hall–Kier alpha value is -2.75. The lowest BCUT2D eigenvalue weighted by Crippen LogP contribution is -2.39. The molecule has 0 bridgehead atoms. The molecule has 1 saturated heterocycles. The van der Waals surface area contributed by atoms with E-state index in [1.807, 2.05) is 0 Å². The van der Waals surface area contributed by atoms with Gasteiger partial charge in [-0.25, -0.2) is 9.97 Å². The van der Waals surface area contributed by atoms with Crippen molar-refractivity contribution >= 4 is 17.2 Å². The van der Waals surface area contributed by atoms with Gasteiger partial charge in [0.15, 0.2) is 0 Å². The number of aromatic amines is 1. The highest BCUT2D eigenvalue weighted by Crippen LogP contribution is 2.34. The molecule has 0 aliphatic carbocycles. The number of hydrogen-bond donors (Lipinski definition) is 1. The quantitative estimate of drug-likeness (QED) is 0.713. The van der Waals surface area contributed by atoms with E-state index >= 15 is 0 Å². The maximum Gasteiger partial charge on any atom is 0.433 e. The van der Waals surface area contributed by atoms with Crippen LogP contribution in [0, 0.1) is 0 Å². The zero-order valence-electron chi connectivity index (χ0n) is 14.6. The Morgan fingerprint density at radius 2 is 2.14 bits per heavy atom. The van der Waals surface area contributed by atoms with Crippen molar-refractivity contribution in [3.63, 3.8) is 0 Å². The molecule has 146 valence electrons. The monoisotopic (exact) mass is 407 g/mol. The van der Waals surface area contributed by atoms with Crippen LogP contribution in [0.4, 0.5) is 13.2 Å². The number of nitrogens with one attached hydrogen (secondary N) is 1. The number of carbonyl (C=O) groups excluding carboxylic acids is 1. The van der Waals surface area contributed by atoms with E-state index in [1.54, 1.807) is 28.5 Å². The first-order valence-corrected chi connectivity index (χ1v) is 9.58. The van der Waals surface area contributed by atoms with E-state index in [1.165, 1.54) is 17.5 Å². The van der Waals surface area contributed by atoms with Gasteiger partial charge in [0.2, 0.25) is 0 Å². The number of rotatable bonds is 3. The van der Waals surface area contributed by atoms with Gasteiger partial charge in [-0.2, -0.15) is 18.3 Å². The van der Waals surface area contributed by atoms with E-state index in [0.29, 0.717) is 30.0 Å². The molecule has 0 aromatic carbocycles. The van der Waals surface area contributed by atoms with Gasteiger partial charge in [0.05, 0.1) is 10.6 Å². The Bertz CT molecular complexity index is 956. The molecule has 1 unspecified atom stereocenters. The Morgan fingerprint density at radius 3 is 2.82 bits per heavy atom. The summed E-state index contributed by atoms with van der Waals surface area (Å²) in [6.07, 6.45) is -1.79. The van der Waals surface area contributed by atoms with Crippen molar-refractivity contribution in [2.75, 3.05) is 13.1 Å². The molecule has 1 amide bonds. The molecule has 1 N–H and O–H groups in total. The topological polar surface area (TPSA) is 74.8 Å². The summed E-state index contributed by atoms with van der Waals surface area (Å²) in [6, 6.07) is 6.04. The smallest absolute Gasteiger partial charge is 0.337 e. The summed E-state index contributed by atoms with van der Waals surface area (Å²) in [4.78, 5) is 23.0. The SMILES string of the molecule is O=C(c1ccn[nH]1)N1CCCC(c2nc(-c3cccs3)cc(C(F)(F)F)n2)C1. The molecule has 0 radical (unpaired) electrons. The Kier molecular flexibility index (Phi) is 4.88. The molecule has 1 atom stereocenters. The van der Waals surface area contributed by atoms with Crippen LogP contribution in [0.5, 0.6) is 0 Å². The first-order valence-electron chi connectivity index (χ1n) is 8.70. The summed E-state index contributed by atoms with van der Waals surface area (Å²) in [5.74, 6) is -0.463. The third-order valence-corrected chi connectivity index (χ3v) is 5.50. The van der Waals surface area contributed by atoms with Gasteiger partial charge < -0.3 is 4.90 Å². The van der Waals surface area contributed by atoms with Crippen molar-refractivity contribution in [1.29, 1.82) is 0 Å². The van der Waals surface area contributed by atoms with E-state index < -0.39 is 11.9 Å². The molecular formula is C18H16F3N5OS. The lowest BCUT2D eigenvalue weighted by Gasteiger charge is -2.32. The molecule has 4 rings (SSSR count). The van der Waals surface area contributed by atoms with Gasteiger partial charge >= 0.3 is 6.18 Å². The van der Waals surface area contributed by atoms with E-state index in [4.69, 9.17) is 0 Å². The largest absolute Gasteiger partial charge is 0.433 e. The zero-order valence-corrected chi connectivity index (χ0v) is 15.4. The van der Waals surface area contributed by atoms with E-state index in [9.17, 15) is 18.0 Å². The Balaban J connectivity index is 1.65. The number of halogens is 3. The average molecular weight is 407 g/mol. The number of alkyl halides is 3. The highest BCUT2D eigenvalue weighted by Gasteiger charge is 2.35. The molecule has 28 heavy (non-hydrogen) atoms. The summed E-state index contributed by atoms with van der Waals surface area (Å²) in [6.45, 7) is 0.800. The highest BCUT2D eigenvalue weighted by molar-refractivity contribution is 7.13. The molecule has 0 spiro atoms. The number of piperidine rings is 1. The molecule has 10 heteroatoms. The van der Waals surface area contributed by atoms with Gasteiger partial charge in [-0.15, -0.1) is 11.3 Å². The number of thiophene rings is 1. The fourth-order valence-electron chi connectivity index (χ4n) is 3.26. The van der Waals surface area contributed by atoms with Crippen LogP contribution in [0.2, 0.25) is 0 Å². The second kappa shape index (κ2) is 7.34. The van der Waals surface area contributed by atoms with Gasteiger partial charge in [0.1, 0.15) is 17.2 Å². The van der Waals surface area contributed by atoms with E-state index in [0.717, 1.165) is 6.07 Å². The summed E-state index contributed by atoms with van der Waals surface area (Å²) >= 11 is 1.32. The van der Waals surface area contributed by atoms with Gasteiger partial charge in [-0.1, -0.05) is 6.07 Å². The number of likely N-dealkylation sites (tertiary alicyclic amines) is 1. The Morgan fingerprint density at radius 1 is 1.29 bits per heavy atom. The Labute approximate surface area is 162 Å². The van der Waals surface area contributed by atoms with Crippen molar-refractivity contribution in [1.82, 2.24) is 25.1 Å². The fraction of sp³-hybridized carbons (Fsp3) is 0.333. The van der Waals surface area contributed by atoms with Crippen LogP contribution in [0.3, 0.4) is 0 Å². The molecule has 6 nitrogen and oxygen atoms in total. The number of aromatic nitrogens is 4. The number of H-pyrrole nitrogens is 1. The number of nitrogens with zero attached hydrogens (tertiary/aromatic N) is 4. The van der Waals surface area contributed by atoms with Crippen molar-refractivity contribution in [3.05, 3.63) is 53.1 Å². The first kappa shape index (κ1) is 18.6. The van der Waals surface area contributed by atoms with Gasteiger partial charge in [-0.05, 0) is 36.4 Å². The fourth-order valence-corrected chi connectivity index (χ4v) is 3.95. The second-order valence-corrected chi connectivity index (χ2v) is 7.48. The van der Waals surface area contributed by atoms with Crippen LogP contribution >= 0.6 is 11.3 Å². The third-order valence-electron chi connectivity index (χ3n) is 4.61. The van der Waals surface area contributed by atoms with E-state index in [-0.39, 0.29) is 29.9 Å². The van der Waals surface area contributed by atoms with Crippen LogP contribution in [-0.4, -0.2) is 44.1 Å². The molecule has 1 fully saturated rings. The lowest BCUT2D eigenvalue weighted by molar-refractivity contribution is -0.141. The van der Waals surface area contributed by atoms with Crippen molar-refractivity contribution in [2.24, 2.45) is 0 Å². The number of amides is 1. The predicted molar refractivity (Wildman–Crippen MR) is 96.8 cm³/mol. The van der Waals surface area contributed by atoms with Gasteiger partial charge in [0.25, 0.3) is 5.91 Å². The minimum Gasteiger partial charge on any atom is -0.337 e. The van der Waals surface area contributed by atoms with Crippen LogP contribution in [0.25, 0.3) is 10.6 Å². The minimum absolute atomic E-state index is 0.125. The summed E-state index contributed by atoms with van der Waals surface area (Å²) in [7, 11) is 0. The molecule has 1 aliphatic heterocycles. The predicted octanol–water partition coefficient (Wildman–Crippen LogP) is 3.97. The molecule has 1 aliphatic rings. The first-order chi connectivity index (χ1) is 13.4. The molecular weight excluding hydrogens is 391 g/mol. The standard InChI is InChI=1S/C18H16F3N5OS/c19-18(20,21)15-9-13(14-4-2-8-28-14)23-16(24-15)11-3-1-7-26(10-11)17(27)12-5-6-22-25-12/h2,4-6,8-9,11H,1,3,7,10H2,(H,22,25). The second-order valence-electron chi connectivity index (χ2n) is 6.53. The summed E-state index contributed by atoms with van der Waals surface area (Å²) in [5, 5.41) is 8.19. The van der Waals surface area contributed by atoms with Crippen LogP contribution in [0.1, 0.15) is 40.8 Å². The lowest BCUT2D eigenvalue weighted by atomic mass is 9.96. The van der Waals surface area contributed by atoms with Crippen molar-refractivity contribution < 1.29 is 18.0 Å². The van der Waals surface area contributed by atoms with Crippen molar-refractivity contribution in [2.45, 2.75) is 24.9 Å². The third kappa shape index (κ3) is 3.77. The maximum absolute atomic E-state index is 13.4. The summed E-state index contributed by atoms with van der Waals surface area (Å²) in [5.41, 5.74) is -0.354. The van der Waals surface area contributed by atoms with Crippen molar-refractivity contribution in [3.8, 4) is 10.6 Å². The maximum atomic E-state index is 13.4. The van der Waals surface area contributed by atoms with Gasteiger partial charge in [-0.3, -0.25) is 9.89 Å². The normalized spacial score (nSPS) is 17.7. The van der Waals surface area contributed by atoms with Crippen LogP contribution in [0.15, 0.2) is 35.8 Å². The average Bonchev–Trinajstić information content (AvgIpc) is 3.40. The molecule has 4 heterocycles. The molecule has 3 aromatic heterocycles. The highest BCUT2D eigenvalue weighted by atomic mass is 32.1. The number of hydrogen-bond acceptors (Lipinski definition) is 5. The molecule has 3 aromatic rings. The minimum atomic E-state index is -4.57. The number of carbonyl (C=O) groups is 1. The van der Waals surface area contributed by atoms with Gasteiger partial charge in [0, 0.05) is 25.2 Å². The summed E-state index contributed by atoms with van der Waals surface area (Å²) < 4.78 is 40.2.